The van der Waals surface area contributed by atoms with Crippen molar-refractivity contribution in [3.8, 4) is 0 Å². The fourth-order valence-electron chi connectivity index (χ4n) is 2.52. The van der Waals surface area contributed by atoms with Gasteiger partial charge in [-0.25, -0.2) is 0 Å². The molecule has 0 aromatic rings. The molecule has 100 valence electrons. The first-order chi connectivity index (χ1) is 8.16. The van der Waals surface area contributed by atoms with E-state index in [-0.39, 0.29) is 0 Å². The van der Waals surface area contributed by atoms with E-state index in [1.165, 1.54) is 25.7 Å². The first kappa shape index (κ1) is 13.3. The van der Waals surface area contributed by atoms with Crippen LogP contribution in [-0.2, 0) is 4.74 Å². The molecule has 0 amide bonds. The molecule has 3 unspecified atom stereocenters. The van der Waals surface area contributed by atoms with Crippen LogP contribution in [0.1, 0.15) is 39.5 Å². The number of hydrogen-bond acceptors (Lipinski definition) is 3. The Morgan fingerprint density at radius 3 is 2.65 bits per heavy atom. The minimum atomic E-state index is 0.478. The molecule has 0 radical (unpaired) electrons. The summed E-state index contributed by atoms with van der Waals surface area (Å²) in [5.74, 6) is 0.710. The Balaban J connectivity index is 1.66. The van der Waals surface area contributed by atoms with E-state index in [4.69, 9.17) is 4.74 Å². The maximum Gasteiger partial charge on any atom is 0.0702 e. The molecule has 3 atom stereocenters. The van der Waals surface area contributed by atoms with Crippen LogP contribution in [0.25, 0.3) is 0 Å². The third-order valence-corrected chi connectivity index (χ3v) is 4.34. The summed E-state index contributed by atoms with van der Waals surface area (Å²) in [4.78, 5) is 2.47. The zero-order chi connectivity index (χ0) is 12.3. The van der Waals surface area contributed by atoms with Crippen LogP contribution in [-0.4, -0.2) is 49.8 Å². The normalized spacial score (nSPS) is 28.6. The zero-order valence-electron chi connectivity index (χ0n) is 11.6. The van der Waals surface area contributed by atoms with E-state index in [0.717, 1.165) is 25.7 Å². The third kappa shape index (κ3) is 4.23. The predicted molar refractivity (Wildman–Crippen MR) is 71.3 cm³/mol. The van der Waals surface area contributed by atoms with Crippen molar-refractivity contribution in [3.63, 3.8) is 0 Å². The van der Waals surface area contributed by atoms with E-state index >= 15 is 0 Å². The van der Waals surface area contributed by atoms with Gasteiger partial charge in [-0.2, -0.15) is 0 Å². The minimum Gasteiger partial charge on any atom is -0.377 e. The van der Waals surface area contributed by atoms with Gasteiger partial charge in [-0.15, -0.1) is 0 Å². The summed E-state index contributed by atoms with van der Waals surface area (Å²) in [6.45, 7) is 7.91. The molecule has 0 bridgehead atoms. The molecule has 3 heteroatoms. The number of nitrogens with one attached hydrogen (secondary N) is 1. The van der Waals surface area contributed by atoms with E-state index in [1.54, 1.807) is 0 Å². The molecule has 1 N–H and O–H groups in total. The highest BCUT2D eigenvalue weighted by Crippen LogP contribution is 2.20. The minimum absolute atomic E-state index is 0.478. The Morgan fingerprint density at radius 2 is 2.06 bits per heavy atom. The van der Waals surface area contributed by atoms with Gasteiger partial charge < -0.3 is 15.0 Å². The van der Waals surface area contributed by atoms with Crippen LogP contribution in [0.2, 0.25) is 0 Å². The highest BCUT2D eigenvalue weighted by molar-refractivity contribution is 4.83. The summed E-state index contributed by atoms with van der Waals surface area (Å²) >= 11 is 0. The molecule has 2 fully saturated rings. The van der Waals surface area contributed by atoms with Crippen LogP contribution in [0.15, 0.2) is 0 Å². The summed E-state index contributed by atoms with van der Waals surface area (Å²) < 4.78 is 5.70. The lowest BCUT2D eigenvalue weighted by molar-refractivity contribution is 0.0616. The second-order valence-corrected chi connectivity index (χ2v) is 5.98. The van der Waals surface area contributed by atoms with Crippen molar-refractivity contribution < 1.29 is 4.74 Å². The van der Waals surface area contributed by atoms with E-state index in [0.29, 0.717) is 18.1 Å². The highest BCUT2D eigenvalue weighted by Gasteiger charge is 2.25. The van der Waals surface area contributed by atoms with Crippen molar-refractivity contribution >= 4 is 0 Å². The van der Waals surface area contributed by atoms with E-state index in [1.807, 2.05) is 0 Å². The Labute approximate surface area is 106 Å². The number of likely N-dealkylation sites (N-methyl/N-ethyl adjacent to an activating group) is 1. The van der Waals surface area contributed by atoms with Crippen molar-refractivity contribution in [2.24, 2.45) is 5.92 Å². The quantitative estimate of drug-likeness (QED) is 0.735. The van der Waals surface area contributed by atoms with Crippen molar-refractivity contribution in [1.29, 1.82) is 0 Å². The summed E-state index contributed by atoms with van der Waals surface area (Å²) in [6.07, 6.45) is 5.72. The zero-order valence-corrected chi connectivity index (χ0v) is 11.6. The number of nitrogens with zero attached hydrogens (tertiary/aromatic N) is 1. The van der Waals surface area contributed by atoms with Crippen molar-refractivity contribution in [3.05, 3.63) is 0 Å². The molecule has 1 saturated heterocycles. The van der Waals surface area contributed by atoms with Gasteiger partial charge in [-0.1, -0.05) is 6.92 Å². The van der Waals surface area contributed by atoms with Gasteiger partial charge in [-0.05, 0) is 52.1 Å². The van der Waals surface area contributed by atoms with Crippen molar-refractivity contribution in [2.75, 3.05) is 26.7 Å². The van der Waals surface area contributed by atoms with Gasteiger partial charge in [0.2, 0.25) is 0 Å². The van der Waals surface area contributed by atoms with Gasteiger partial charge in [0.05, 0.1) is 6.10 Å². The standard InChI is InChI=1S/C14H28N2O/c1-11(9-15-13-6-7-13)12(2)16(3)10-14-5-4-8-17-14/h11-15H,4-10H2,1-3H3. The average Bonchev–Trinajstić information content (AvgIpc) is 3.02. The number of ether oxygens (including phenoxy) is 1. The average molecular weight is 240 g/mol. The van der Waals surface area contributed by atoms with Gasteiger partial charge in [0, 0.05) is 25.2 Å². The Hall–Kier alpha value is -0.120. The smallest absolute Gasteiger partial charge is 0.0702 e. The summed E-state index contributed by atoms with van der Waals surface area (Å²) in [5, 5.41) is 3.63. The molecule has 17 heavy (non-hydrogen) atoms. The van der Waals surface area contributed by atoms with E-state index in [9.17, 15) is 0 Å². The topological polar surface area (TPSA) is 24.5 Å². The van der Waals surface area contributed by atoms with Gasteiger partial charge in [0.25, 0.3) is 0 Å². The Kier molecular flexibility index (Phi) is 4.83. The molecular weight excluding hydrogens is 212 g/mol. The molecule has 0 aromatic carbocycles. The summed E-state index contributed by atoms with van der Waals surface area (Å²) in [5.41, 5.74) is 0. The molecule has 1 saturated carbocycles. The summed E-state index contributed by atoms with van der Waals surface area (Å²) in [7, 11) is 2.24. The predicted octanol–water partition coefficient (Wildman–Crippen LogP) is 1.87. The first-order valence-electron chi connectivity index (χ1n) is 7.22. The van der Waals surface area contributed by atoms with Crippen LogP contribution in [0.3, 0.4) is 0 Å². The van der Waals surface area contributed by atoms with Crippen LogP contribution in [0.5, 0.6) is 0 Å². The van der Waals surface area contributed by atoms with Gasteiger partial charge >= 0.3 is 0 Å². The molecule has 1 aliphatic carbocycles. The van der Waals surface area contributed by atoms with Gasteiger partial charge in [-0.3, -0.25) is 0 Å². The molecule has 1 aliphatic heterocycles. The highest BCUT2D eigenvalue weighted by atomic mass is 16.5. The maximum atomic E-state index is 5.70. The van der Waals surface area contributed by atoms with Gasteiger partial charge in [0.1, 0.15) is 0 Å². The second-order valence-electron chi connectivity index (χ2n) is 5.98. The number of rotatable bonds is 7. The van der Waals surface area contributed by atoms with Crippen LogP contribution in [0.4, 0.5) is 0 Å². The Morgan fingerprint density at radius 1 is 1.29 bits per heavy atom. The largest absolute Gasteiger partial charge is 0.377 e. The molecule has 0 aromatic heterocycles. The molecular formula is C14H28N2O. The maximum absolute atomic E-state index is 5.70. The molecule has 2 aliphatic rings. The van der Waals surface area contributed by atoms with Crippen LogP contribution >= 0.6 is 0 Å². The number of hydrogen-bond donors (Lipinski definition) is 1. The first-order valence-corrected chi connectivity index (χ1v) is 7.22. The molecule has 3 nitrogen and oxygen atoms in total. The fourth-order valence-corrected chi connectivity index (χ4v) is 2.52. The fraction of sp³-hybridized carbons (Fsp3) is 1.00. The van der Waals surface area contributed by atoms with E-state index in [2.05, 4.69) is 31.1 Å². The third-order valence-electron chi connectivity index (χ3n) is 4.34. The van der Waals surface area contributed by atoms with Crippen molar-refractivity contribution in [1.82, 2.24) is 10.2 Å². The SMILES string of the molecule is CC(CNC1CC1)C(C)N(C)CC1CCCO1. The Bertz CT molecular complexity index is 224. The van der Waals surface area contributed by atoms with Crippen molar-refractivity contribution in [2.45, 2.75) is 57.7 Å². The lowest BCUT2D eigenvalue weighted by Gasteiger charge is -2.31. The second kappa shape index (κ2) is 6.17. The molecule has 2 rings (SSSR count). The lowest BCUT2D eigenvalue weighted by atomic mass is 10.0. The lowest BCUT2D eigenvalue weighted by Crippen LogP contribution is -2.42. The molecule has 0 spiro atoms. The van der Waals surface area contributed by atoms with Crippen LogP contribution < -0.4 is 5.32 Å². The van der Waals surface area contributed by atoms with Gasteiger partial charge in [0.15, 0.2) is 0 Å². The van der Waals surface area contributed by atoms with E-state index < -0.39 is 0 Å². The van der Waals surface area contributed by atoms with Crippen LogP contribution in [0, 0.1) is 5.92 Å². The molecule has 1 heterocycles. The summed E-state index contributed by atoms with van der Waals surface area (Å²) in [6, 6.07) is 1.46. The monoisotopic (exact) mass is 240 g/mol.